The first-order chi connectivity index (χ1) is 11.9. The van der Waals surface area contributed by atoms with Gasteiger partial charge in [-0.15, -0.1) is 0 Å². The molecule has 1 aromatic carbocycles. The van der Waals surface area contributed by atoms with Crippen LogP contribution in [0.2, 0.25) is 0 Å². The summed E-state index contributed by atoms with van der Waals surface area (Å²) in [6.07, 6.45) is 1.95. The SMILES string of the molecule is CNC(=O)CC1(COC)CCCN1C(=O)c1ccc(OC(C)C)cc1. The van der Waals surface area contributed by atoms with Crippen molar-refractivity contribution in [1.29, 1.82) is 0 Å². The van der Waals surface area contributed by atoms with Crippen LogP contribution in [0, 0.1) is 0 Å². The van der Waals surface area contributed by atoms with Crippen molar-refractivity contribution < 1.29 is 19.1 Å². The Morgan fingerprint density at radius 1 is 1.28 bits per heavy atom. The Kier molecular flexibility index (Phi) is 6.42. The lowest BCUT2D eigenvalue weighted by atomic mass is 9.91. The molecular weight excluding hydrogens is 320 g/mol. The minimum absolute atomic E-state index is 0.0745. The number of ether oxygens (including phenoxy) is 2. The zero-order valence-electron chi connectivity index (χ0n) is 15.5. The Hall–Kier alpha value is -2.08. The quantitative estimate of drug-likeness (QED) is 0.820. The van der Waals surface area contributed by atoms with Gasteiger partial charge in [0.05, 0.1) is 24.7 Å². The number of benzene rings is 1. The average molecular weight is 348 g/mol. The molecule has 0 aromatic heterocycles. The van der Waals surface area contributed by atoms with Crippen LogP contribution in [0.1, 0.15) is 43.5 Å². The van der Waals surface area contributed by atoms with Crippen molar-refractivity contribution in [3.63, 3.8) is 0 Å². The van der Waals surface area contributed by atoms with E-state index in [0.717, 1.165) is 18.6 Å². The van der Waals surface area contributed by atoms with Crippen LogP contribution in [0.25, 0.3) is 0 Å². The molecule has 1 heterocycles. The summed E-state index contributed by atoms with van der Waals surface area (Å²) in [5, 5.41) is 2.65. The molecule has 0 bridgehead atoms. The molecule has 25 heavy (non-hydrogen) atoms. The van der Waals surface area contributed by atoms with E-state index in [1.165, 1.54) is 0 Å². The number of nitrogens with one attached hydrogen (secondary N) is 1. The van der Waals surface area contributed by atoms with Gasteiger partial charge in [0.1, 0.15) is 5.75 Å². The van der Waals surface area contributed by atoms with Crippen LogP contribution in [-0.4, -0.2) is 55.7 Å². The van der Waals surface area contributed by atoms with Gasteiger partial charge in [-0.2, -0.15) is 0 Å². The number of rotatable bonds is 7. The summed E-state index contributed by atoms with van der Waals surface area (Å²) in [4.78, 5) is 26.8. The fourth-order valence-electron chi connectivity index (χ4n) is 3.40. The van der Waals surface area contributed by atoms with Crippen LogP contribution in [0.5, 0.6) is 5.75 Å². The fraction of sp³-hybridized carbons (Fsp3) is 0.579. The maximum absolute atomic E-state index is 13.0. The topological polar surface area (TPSA) is 67.9 Å². The van der Waals surface area contributed by atoms with Gasteiger partial charge in [-0.1, -0.05) is 0 Å². The van der Waals surface area contributed by atoms with Gasteiger partial charge in [0.15, 0.2) is 0 Å². The van der Waals surface area contributed by atoms with Crippen molar-refractivity contribution in [2.75, 3.05) is 27.3 Å². The Labute approximate surface area is 149 Å². The van der Waals surface area contributed by atoms with E-state index in [4.69, 9.17) is 9.47 Å². The monoisotopic (exact) mass is 348 g/mol. The van der Waals surface area contributed by atoms with Crippen LogP contribution in [-0.2, 0) is 9.53 Å². The van der Waals surface area contributed by atoms with Crippen molar-refractivity contribution >= 4 is 11.8 Å². The maximum Gasteiger partial charge on any atom is 0.254 e. The molecule has 0 spiro atoms. The molecule has 0 saturated carbocycles. The number of carbonyl (C=O) groups is 2. The first-order valence-electron chi connectivity index (χ1n) is 8.70. The summed E-state index contributed by atoms with van der Waals surface area (Å²) in [6.45, 7) is 4.90. The number of hydrogen-bond donors (Lipinski definition) is 1. The summed E-state index contributed by atoms with van der Waals surface area (Å²) in [5.41, 5.74) is 0.00866. The molecule has 6 heteroatoms. The van der Waals surface area contributed by atoms with E-state index in [2.05, 4.69) is 5.32 Å². The zero-order valence-corrected chi connectivity index (χ0v) is 15.5. The van der Waals surface area contributed by atoms with Gasteiger partial charge >= 0.3 is 0 Å². The first kappa shape index (κ1) is 19.2. The first-order valence-corrected chi connectivity index (χ1v) is 8.70. The van der Waals surface area contributed by atoms with E-state index in [1.54, 1.807) is 43.3 Å². The predicted molar refractivity (Wildman–Crippen MR) is 95.8 cm³/mol. The van der Waals surface area contributed by atoms with Crippen molar-refractivity contribution in [2.45, 2.75) is 44.8 Å². The van der Waals surface area contributed by atoms with Crippen LogP contribution >= 0.6 is 0 Å². The number of nitrogens with zero attached hydrogens (tertiary/aromatic N) is 1. The highest BCUT2D eigenvalue weighted by molar-refractivity contribution is 5.95. The van der Waals surface area contributed by atoms with Crippen LogP contribution in [0.4, 0.5) is 0 Å². The third-order valence-corrected chi connectivity index (χ3v) is 4.50. The van der Waals surface area contributed by atoms with E-state index in [9.17, 15) is 9.59 Å². The Morgan fingerprint density at radius 3 is 2.52 bits per heavy atom. The summed E-state index contributed by atoms with van der Waals surface area (Å²) < 4.78 is 11.0. The van der Waals surface area contributed by atoms with Gasteiger partial charge in [0.2, 0.25) is 5.91 Å². The van der Waals surface area contributed by atoms with E-state index in [1.807, 2.05) is 13.8 Å². The van der Waals surface area contributed by atoms with E-state index >= 15 is 0 Å². The Balaban J connectivity index is 2.21. The molecule has 1 fully saturated rings. The highest BCUT2D eigenvalue weighted by Gasteiger charge is 2.45. The summed E-state index contributed by atoms with van der Waals surface area (Å²) in [7, 11) is 3.21. The minimum atomic E-state index is -0.584. The normalized spacial score (nSPS) is 20.0. The maximum atomic E-state index is 13.0. The van der Waals surface area contributed by atoms with E-state index < -0.39 is 5.54 Å². The number of carbonyl (C=O) groups excluding carboxylic acids is 2. The lowest BCUT2D eigenvalue weighted by molar-refractivity contribution is -0.123. The van der Waals surface area contributed by atoms with Crippen molar-refractivity contribution in [3.05, 3.63) is 29.8 Å². The smallest absolute Gasteiger partial charge is 0.254 e. The molecule has 2 amide bonds. The third-order valence-electron chi connectivity index (χ3n) is 4.50. The van der Waals surface area contributed by atoms with Crippen LogP contribution in [0.3, 0.4) is 0 Å². The van der Waals surface area contributed by atoms with Gasteiger partial charge in [0.25, 0.3) is 5.91 Å². The molecule has 1 unspecified atom stereocenters. The highest BCUT2D eigenvalue weighted by atomic mass is 16.5. The van der Waals surface area contributed by atoms with Gasteiger partial charge in [-0.3, -0.25) is 9.59 Å². The molecule has 0 radical (unpaired) electrons. The Bertz CT molecular complexity index is 600. The number of likely N-dealkylation sites (tertiary alicyclic amines) is 1. The lowest BCUT2D eigenvalue weighted by Crippen LogP contribution is -2.52. The zero-order chi connectivity index (χ0) is 18.4. The number of amides is 2. The average Bonchev–Trinajstić information content (AvgIpc) is 2.97. The molecule has 6 nitrogen and oxygen atoms in total. The van der Waals surface area contributed by atoms with Crippen molar-refractivity contribution in [3.8, 4) is 5.75 Å². The largest absolute Gasteiger partial charge is 0.491 e. The van der Waals surface area contributed by atoms with E-state index in [0.29, 0.717) is 18.7 Å². The molecule has 1 aliphatic heterocycles. The minimum Gasteiger partial charge on any atom is -0.491 e. The molecule has 1 atom stereocenters. The standard InChI is InChI=1S/C19H28N2O4/c1-14(2)25-16-8-6-15(7-9-16)18(23)21-11-5-10-19(21,13-24-4)12-17(22)20-3/h6-9,14H,5,10-13H2,1-4H3,(H,20,22). The molecule has 138 valence electrons. The highest BCUT2D eigenvalue weighted by Crippen LogP contribution is 2.34. The predicted octanol–water partition coefficient (Wildman–Crippen LogP) is 2.23. The van der Waals surface area contributed by atoms with Gasteiger partial charge in [0, 0.05) is 26.3 Å². The van der Waals surface area contributed by atoms with Gasteiger partial charge < -0.3 is 19.7 Å². The summed E-state index contributed by atoms with van der Waals surface area (Å²) in [5.74, 6) is 0.577. The van der Waals surface area contributed by atoms with Gasteiger partial charge in [-0.05, 0) is 51.0 Å². The van der Waals surface area contributed by atoms with Crippen molar-refractivity contribution in [2.24, 2.45) is 0 Å². The van der Waals surface area contributed by atoms with Gasteiger partial charge in [-0.25, -0.2) is 0 Å². The number of hydrogen-bond acceptors (Lipinski definition) is 4. The molecular formula is C19H28N2O4. The van der Waals surface area contributed by atoms with E-state index in [-0.39, 0.29) is 24.3 Å². The molecule has 2 rings (SSSR count). The third kappa shape index (κ3) is 4.51. The van der Waals surface area contributed by atoms with Crippen molar-refractivity contribution in [1.82, 2.24) is 10.2 Å². The summed E-state index contributed by atoms with van der Waals surface area (Å²) in [6, 6.07) is 7.16. The summed E-state index contributed by atoms with van der Waals surface area (Å²) >= 11 is 0. The fourth-order valence-corrected chi connectivity index (χ4v) is 3.40. The van der Waals surface area contributed by atoms with Crippen LogP contribution < -0.4 is 10.1 Å². The molecule has 0 aliphatic carbocycles. The second kappa shape index (κ2) is 8.34. The molecule has 1 aliphatic rings. The second-order valence-corrected chi connectivity index (χ2v) is 6.76. The second-order valence-electron chi connectivity index (χ2n) is 6.76. The van der Waals surface area contributed by atoms with Crippen LogP contribution in [0.15, 0.2) is 24.3 Å². The lowest BCUT2D eigenvalue weighted by Gasteiger charge is -2.37. The molecule has 1 N–H and O–H groups in total. The molecule has 1 aromatic rings. The number of methoxy groups -OCH3 is 1. The molecule has 1 saturated heterocycles. The Morgan fingerprint density at radius 2 is 1.96 bits per heavy atom.